The van der Waals surface area contributed by atoms with Crippen LogP contribution in [0.25, 0.3) is 10.9 Å². The molecular formula is C20H21ClN2O2. The summed E-state index contributed by atoms with van der Waals surface area (Å²) in [5, 5.41) is 4.72. The average molecular weight is 357 g/mol. The number of amides is 1. The lowest BCUT2D eigenvalue weighted by Gasteiger charge is -2.17. The Morgan fingerprint density at radius 1 is 1.20 bits per heavy atom. The molecule has 0 unspecified atom stereocenters. The highest BCUT2D eigenvalue weighted by Crippen LogP contribution is 2.33. The molecule has 3 aromatic rings. The first-order valence-corrected chi connectivity index (χ1v) is 8.64. The van der Waals surface area contributed by atoms with Gasteiger partial charge >= 0.3 is 0 Å². The predicted octanol–water partition coefficient (Wildman–Crippen LogP) is 4.11. The summed E-state index contributed by atoms with van der Waals surface area (Å²) in [5.41, 5.74) is 3.24. The number of hydrogen-bond donors (Lipinski definition) is 2. The maximum Gasteiger partial charge on any atom is 0.221 e. The molecule has 25 heavy (non-hydrogen) atoms. The molecule has 0 aliphatic carbocycles. The maximum atomic E-state index is 12.4. The molecule has 0 fully saturated rings. The monoisotopic (exact) mass is 356 g/mol. The molecule has 4 nitrogen and oxygen atoms in total. The Hall–Kier alpha value is -2.30. The molecule has 130 valence electrons. The van der Waals surface area contributed by atoms with Crippen molar-refractivity contribution in [3.05, 3.63) is 70.9 Å². The molecule has 0 saturated carbocycles. The Balaban J connectivity index is 1.91. The highest BCUT2D eigenvalue weighted by atomic mass is 35.5. The fourth-order valence-electron chi connectivity index (χ4n) is 3.03. The highest BCUT2D eigenvalue weighted by Gasteiger charge is 2.21. The van der Waals surface area contributed by atoms with Gasteiger partial charge in [-0.25, -0.2) is 0 Å². The number of nitrogens with one attached hydrogen (secondary N) is 2. The molecule has 2 N–H and O–H groups in total. The van der Waals surface area contributed by atoms with E-state index >= 15 is 0 Å². The van der Waals surface area contributed by atoms with E-state index in [1.807, 2.05) is 48.7 Å². The molecule has 1 atom stereocenters. The van der Waals surface area contributed by atoms with E-state index in [0.29, 0.717) is 24.6 Å². The third-order valence-electron chi connectivity index (χ3n) is 4.29. The van der Waals surface area contributed by atoms with E-state index in [1.165, 1.54) is 0 Å². The zero-order valence-electron chi connectivity index (χ0n) is 14.1. The number of para-hydroxylation sites is 1. The van der Waals surface area contributed by atoms with Crippen molar-refractivity contribution in [2.24, 2.45) is 0 Å². The number of rotatable bonds is 7. The van der Waals surface area contributed by atoms with Gasteiger partial charge in [0.1, 0.15) is 0 Å². The zero-order chi connectivity index (χ0) is 17.6. The standard InChI is InChI=1S/C20H21ClN2O2/c1-25-11-10-22-20(24)12-17(14-6-8-15(21)9-7-14)18-13-23-19-5-3-2-4-16(18)19/h2-9,13,17,23H,10-12H2,1H3,(H,22,24)/t17-/m0/s1. The van der Waals surface area contributed by atoms with E-state index in [9.17, 15) is 4.79 Å². The molecule has 0 bridgehead atoms. The Labute approximate surface area is 152 Å². The first kappa shape index (κ1) is 17.5. The van der Waals surface area contributed by atoms with Gasteiger partial charge in [0.2, 0.25) is 5.91 Å². The number of H-pyrrole nitrogens is 1. The van der Waals surface area contributed by atoms with Gasteiger partial charge in [0.05, 0.1) is 6.61 Å². The lowest BCUT2D eigenvalue weighted by molar-refractivity contribution is -0.121. The molecule has 0 spiro atoms. The minimum absolute atomic E-state index is 0.00211. The summed E-state index contributed by atoms with van der Waals surface area (Å²) in [6, 6.07) is 15.8. The van der Waals surface area contributed by atoms with E-state index in [4.69, 9.17) is 16.3 Å². The van der Waals surface area contributed by atoms with Gasteiger partial charge in [0, 0.05) is 48.1 Å². The molecule has 0 saturated heterocycles. The Bertz CT molecular complexity index is 842. The largest absolute Gasteiger partial charge is 0.383 e. The van der Waals surface area contributed by atoms with Crippen LogP contribution in [-0.4, -0.2) is 31.2 Å². The van der Waals surface area contributed by atoms with Crippen LogP contribution in [0.4, 0.5) is 0 Å². The number of hydrogen-bond acceptors (Lipinski definition) is 2. The van der Waals surface area contributed by atoms with Crippen molar-refractivity contribution in [2.45, 2.75) is 12.3 Å². The number of carbonyl (C=O) groups excluding carboxylic acids is 1. The van der Waals surface area contributed by atoms with Gasteiger partial charge in [-0.05, 0) is 29.3 Å². The van der Waals surface area contributed by atoms with Gasteiger partial charge in [-0.1, -0.05) is 41.9 Å². The summed E-state index contributed by atoms with van der Waals surface area (Å²) >= 11 is 6.03. The van der Waals surface area contributed by atoms with Gasteiger partial charge in [0.25, 0.3) is 0 Å². The quantitative estimate of drug-likeness (QED) is 0.626. The molecule has 0 aliphatic rings. The summed E-state index contributed by atoms with van der Waals surface area (Å²) in [6.07, 6.45) is 2.36. The number of benzene rings is 2. The summed E-state index contributed by atoms with van der Waals surface area (Å²) < 4.78 is 4.99. The van der Waals surface area contributed by atoms with E-state index in [1.54, 1.807) is 7.11 Å². The van der Waals surface area contributed by atoms with Gasteiger partial charge in [0.15, 0.2) is 0 Å². The first-order chi connectivity index (χ1) is 12.2. The summed E-state index contributed by atoms with van der Waals surface area (Å²) in [4.78, 5) is 15.7. The molecule has 0 aliphatic heterocycles. The SMILES string of the molecule is COCCNC(=O)C[C@@H](c1ccc(Cl)cc1)c1c[nH]c2ccccc12. The molecule has 0 radical (unpaired) electrons. The topological polar surface area (TPSA) is 54.1 Å². The second-order valence-corrected chi connectivity index (χ2v) is 6.38. The lowest BCUT2D eigenvalue weighted by atomic mass is 9.88. The number of aromatic nitrogens is 1. The fraction of sp³-hybridized carbons (Fsp3) is 0.250. The van der Waals surface area contributed by atoms with Gasteiger partial charge < -0.3 is 15.0 Å². The number of ether oxygens (including phenoxy) is 1. The van der Waals surface area contributed by atoms with Crippen molar-refractivity contribution < 1.29 is 9.53 Å². The Kier molecular flexibility index (Phi) is 5.74. The van der Waals surface area contributed by atoms with Crippen LogP contribution in [-0.2, 0) is 9.53 Å². The third-order valence-corrected chi connectivity index (χ3v) is 4.54. The normalized spacial score (nSPS) is 12.2. The van der Waals surface area contributed by atoms with E-state index in [2.05, 4.69) is 16.4 Å². The smallest absolute Gasteiger partial charge is 0.221 e. The van der Waals surface area contributed by atoms with Crippen LogP contribution in [0.15, 0.2) is 54.7 Å². The minimum Gasteiger partial charge on any atom is -0.383 e. The van der Waals surface area contributed by atoms with Gasteiger partial charge in [-0.2, -0.15) is 0 Å². The minimum atomic E-state index is -0.0454. The van der Waals surface area contributed by atoms with Crippen LogP contribution < -0.4 is 5.32 Å². The molecule has 1 amide bonds. The average Bonchev–Trinajstić information content (AvgIpc) is 3.05. The predicted molar refractivity (Wildman–Crippen MR) is 101 cm³/mol. The molecule has 5 heteroatoms. The lowest BCUT2D eigenvalue weighted by Crippen LogP contribution is -2.28. The van der Waals surface area contributed by atoms with E-state index < -0.39 is 0 Å². The van der Waals surface area contributed by atoms with Crippen LogP contribution >= 0.6 is 11.6 Å². The van der Waals surface area contributed by atoms with Crippen LogP contribution in [0, 0.1) is 0 Å². The van der Waals surface area contributed by atoms with Crippen LogP contribution in [0.5, 0.6) is 0 Å². The number of halogens is 1. The summed E-state index contributed by atoms with van der Waals surface area (Å²) in [5.74, 6) is -0.0433. The zero-order valence-corrected chi connectivity index (χ0v) is 14.8. The number of aromatic amines is 1. The fourth-order valence-corrected chi connectivity index (χ4v) is 3.16. The van der Waals surface area contributed by atoms with E-state index in [-0.39, 0.29) is 11.8 Å². The van der Waals surface area contributed by atoms with Crippen molar-refractivity contribution in [3.8, 4) is 0 Å². The number of carbonyl (C=O) groups is 1. The first-order valence-electron chi connectivity index (χ1n) is 8.26. The molecule has 1 aromatic heterocycles. The van der Waals surface area contributed by atoms with Gasteiger partial charge in [-0.3, -0.25) is 4.79 Å². The Morgan fingerprint density at radius 2 is 1.96 bits per heavy atom. The highest BCUT2D eigenvalue weighted by molar-refractivity contribution is 6.30. The second kappa shape index (κ2) is 8.19. The van der Waals surface area contributed by atoms with Crippen LogP contribution in [0.2, 0.25) is 5.02 Å². The number of methoxy groups -OCH3 is 1. The van der Waals surface area contributed by atoms with Crippen molar-refractivity contribution in [1.82, 2.24) is 10.3 Å². The van der Waals surface area contributed by atoms with Crippen molar-refractivity contribution in [3.63, 3.8) is 0 Å². The van der Waals surface area contributed by atoms with Crippen LogP contribution in [0.1, 0.15) is 23.5 Å². The summed E-state index contributed by atoms with van der Waals surface area (Å²) in [7, 11) is 1.62. The van der Waals surface area contributed by atoms with Crippen LogP contribution in [0.3, 0.4) is 0 Å². The molecule has 1 heterocycles. The molecule has 3 rings (SSSR count). The van der Waals surface area contributed by atoms with Crippen molar-refractivity contribution >= 4 is 28.4 Å². The van der Waals surface area contributed by atoms with E-state index in [0.717, 1.165) is 22.0 Å². The maximum absolute atomic E-state index is 12.4. The summed E-state index contributed by atoms with van der Waals surface area (Å²) in [6.45, 7) is 1.01. The Morgan fingerprint density at radius 3 is 2.72 bits per heavy atom. The molecule has 2 aromatic carbocycles. The molecular weight excluding hydrogens is 336 g/mol. The van der Waals surface area contributed by atoms with Gasteiger partial charge in [-0.15, -0.1) is 0 Å². The third kappa shape index (κ3) is 4.21. The van der Waals surface area contributed by atoms with Crippen molar-refractivity contribution in [1.29, 1.82) is 0 Å². The second-order valence-electron chi connectivity index (χ2n) is 5.94. The van der Waals surface area contributed by atoms with Crippen molar-refractivity contribution in [2.75, 3.05) is 20.3 Å². The number of fused-ring (bicyclic) bond motifs is 1.